The Morgan fingerprint density at radius 2 is 1.69 bits per heavy atom. The van der Waals surface area contributed by atoms with Crippen LogP contribution in [0.3, 0.4) is 0 Å². The molecule has 0 spiro atoms. The number of benzene rings is 2. The van der Waals surface area contributed by atoms with Crippen LogP contribution in [-0.4, -0.2) is 46.2 Å². The fraction of sp³-hybridized carbons (Fsp3) is 0.536. The van der Waals surface area contributed by atoms with E-state index >= 15 is 0 Å². The van der Waals surface area contributed by atoms with Crippen LogP contribution in [-0.2, 0) is 5.41 Å². The zero-order valence-electron chi connectivity index (χ0n) is 20.4. The molecule has 3 aliphatic rings. The summed E-state index contributed by atoms with van der Waals surface area (Å²) >= 11 is 6.42. The first kappa shape index (κ1) is 25.4. The summed E-state index contributed by atoms with van der Waals surface area (Å²) < 4.78 is 2.54. The molecule has 0 saturated carbocycles. The summed E-state index contributed by atoms with van der Waals surface area (Å²) in [6.45, 7) is 5.60. The quantitative estimate of drug-likeness (QED) is 0.375. The third-order valence-electron chi connectivity index (χ3n) is 8.84. The number of hydrogen-bond acceptors (Lipinski definition) is 3. The minimum atomic E-state index is 0.254. The number of piperidine rings is 2. The minimum absolute atomic E-state index is 0.254. The first-order valence-corrected chi connectivity index (χ1v) is 14.5. The zero-order valence-corrected chi connectivity index (χ0v) is 22.7. The van der Waals surface area contributed by atoms with E-state index in [1.165, 1.54) is 68.4 Å². The van der Waals surface area contributed by atoms with Crippen molar-refractivity contribution >= 4 is 44.3 Å². The summed E-state index contributed by atoms with van der Waals surface area (Å²) in [6.07, 6.45) is 8.85. The van der Waals surface area contributed by atoms with Crippen LogP contribution in [0, 0.1) is 6.92 Å². The molecular weight excluding hydrogens is 499 g/mol. The lowest BCUT2D eigenvalue weighted by molar-refractivity contribution is 0.0929. The third kappa shape index (κ3) is 4.98. The van der Waals surface area contributed by atoms with Crippen molar-refractivity contribution in [3.05, 3.63) is 64.9 Å². The monoisotopic (exact) mass is 532 g/mol. The maximum atomic E-state index is 6.42. The molecule has 188 valence electrons. The molecule has 3 fully saturated rings. The van der Waals surface area contributed by atoms with Gasteiger partial charge in [-0.05, 0) is 107 Å². The fourth-order valence-corrected chi connectivity index (χ4v) is 7.39. The van der Waals surface area contributed by atoms with Gasteiger partial charge in [0.25, 0.3) is 0 Å². The number of hydrogen-bond donors (Lipinski definition) is 1. The van der Waals surface area contributed by atoms with E-state index in [2.05, 4.69) is 85.9 Å². The summed E-state index contributed by atoms with van der Waals surface area (Å²) in [5.41, 5.74) is 4.14. The van der Waals surface area contributed by atoms with E-state index in [9.17, 15) is 0 Å². The smallest absolute Gasteiger partial charge is 0.106 e. The topological polar surface area (TPSA) is 33.1 Å². The van der Waals surface area contributed by atoms with Crippen molar-refractivity contribution in [1.29, 1.82) is 0 Å². The van der Waals surface area contributed by atoms with Gasteiger partial charge in [0.15, 0.2) is 0 Å². The van der Waals surface area contributed by atoms with Crippen molar-refractivity contribution in [3.8, 4) is 0 Å². The number of rotatable bonds is 5. The highest BCUT2D eigenvalue weighted by Crippen LogP contribution is 2.44. The van der Waals surface area contributed by atoms with Gasteiger partial charge in [0.2, 0.25) is 0 Å². The second kappa shape index (κ2) is 11.0. The van der Waals surface area contributed by atoms with Crippen molar-refractivity contribution < 1.29 is 0 Å². The number of aryl methyl sites for hydroxylation is 1. The molecule has 2 bridgehead atoms. The fourth-order valence-electron chi connectivity index (χ4n) is 7.20. The maximum Gasteiger partial charge on any atom is 0.106 e. The molecule has 3 saturated heterocycles. The summed E-state index contributed by atoms with van der Waals surface area (Å²) in [4.78, 5) is 7.73. The van der Waals surface area contributed by atoms with E-state index in [1.54, 1.807) is 0 Å². The van der Waals surface area contributed by atoms with Crippen molar-refractivity contribution in [2.24, 2.45) is 0 Å². The number of halogens is 3. The molecule has 3 aliphatic heterocycles. The lowest BCUT2D eigenvalue weighted by Crippen LogP contribution is -2.47. The Kier molecular flexibility index (Phi) is 7.96. The van der Waals surface area contributed by atoms with E-state index < -0.39 is 0 Å². The molecule has 1 aromatic heterocycles. The van der Waals surface area contributed by atoms with Gasteiger partial charge in [0, 0.05) is 44.9 Å². The number of nitrogens with one attached hydrogen (secondary N) is 1. The first-order chi connectivity index (χ1) is 17.1. The van der Waals surface area contributed by atoms with Crippen molar-refractivity contribution in [2.75, 3.05) is 19.6 Å². The van der Waals surface area contributed by atoms with Crippen LogP contribution in [0.15, 0.2) is 48.5 Å². The molecule has 35 heavy (non-hydrogen) atoms. The van der Waals surface area contributed by atoms with Crippen LogP contribution in [0.1, 0.15) is 62.4 Å². The van der Waals surface area contributed by atoms with Gasteiger partial charge < -0.3 is 9.88 Å². The summed E-state index contributed by atoms with van der Waals surface area (Å²) in [5.74, 6) is 1.17. The SMILES string of the molecule is Cc1nc2ccccc2n1C1C[C@@H]2CC[C@@H](C1)N2CCC1(c2cccc(Cl)c2)CCNCC1.ClCl. The molecule has 1 N–H and O–H groups in total. The lowest BCUT2D eigenvalue weighted by Gasteiger charge is -2.44. The Labute approximate surface area is 223 Å². The second-order valence-electron chi connectivity index (χ2n) is 10.6. The van der Waals surface area contributed by atoms with Gasteiger partial charge in [-0.25, -0.2) is 4.98 Å². The summed E-state index contributed by atoms with van der Waals surface area (Å²) in [6, 6.07) is 19.3. The Morgan fingerprint density at radius 3 is 2.40 bits per heavy atom. The normalized spacial score (nSPS) is 25.9. The van der Waals surface area contributed by atoms with Crippen LogP contribution >= 0.6 is 33.3 Å². The highest BCUT2D eigenvalue weighted by atomic mass is 36.5. The van der Waals surface area contributed by atoms with Crippen LogP contribution in [0.25, 0.3) is 11.0 Å². The molecule has 0 radical (unpaired) electrons. The number of imidazole rings is 1. The van der Waals surface area contributed by atoms with Crippen molar-refractivity contribution in [2.45, 2.75) is 75.4 Å². The third-order valence-corrected chi connectivity index (χ3v) is 9.08. The molecule has 0 amide bonds. The zero-order chi connectivity index (χ0) is 24.4. The predicted octanol–water partition coefficient (Wildman–Crippen LogP) is 7.26. The minimum Gasteiger partial charge on any atom is -0.325 e. The Balaban J connectivity index is 0.00000124. The molecule has 4 heterocycles. The summed E-state index contributed by atoms with van der Waals surface area (Å²) in [5, 5.41) is 4.45. The predicted molar refractivity (Wildman–Crippen MR) is 148 cm³/mol. The van der Waals surface area contributed by atoms with Crippen LogP contribution in [0.5, 0.6) is 0 Å². The summed E-state index contributed by atoms with van der Waals surface area (Å²) in [7, 11) is 8.22. The highest BCUT2D eigenvalue weighted by molar-refractivity contribution is 6.85. The number of para-hydroxylation sites is 2. The van der Waals surface area contributed by atoms with Gasteiger partial charge in [0.1, 0.15) is 5.82 Å². The maximum absolute atomic E-state index is 6.42. The molecule has 4 nitrogen and oxygen atoms in total. The Morgan fingerprint density at radius 1 is 0.971 bits per heavy atom. The highest BCUT2D eigenvalue weighted by Gasteiger charge is 2.43. The molecule has 7 heteroatoms. The molecule has 2 atom stereocenters. The Hall–Kier alpha value is -1.30. The molecule has 2 aromatic carbocycles. The van der Waals surface area contributed by atoms with Gasteiger partial charge >= 0.3 is 0 Å². The largest absolute Gasteiger partial charge is 0.325 e. The van der Waals surface area contributed by atoms with Crippen molar-refractivity contribution in [1.82, 2.24) is 19.8 Å². The molecular formula is C28H35Cl3N4. The number of nitrogens with zero attached hydrogens (tertiary/aromatic N) is 3. The van der Waals surface area contributed by atoms with Crippen LogP contribution < -0.4 is 5.32 Å². The average molecular weight is 534 g/mol. The van der Waals surface area contributed by atoms with Gasteiger partial charge in [-0.15, -0.1) is 0 Å². The number of fused-ring (bicyclic) bond motifs is 3. The van der Waals surface area contributed by atoms with E-state index in [-0.39, 0.29) is 5.41 Å². The second-order valence-corrected chi connectivity index (χ2v) is 11.0. The molecule has 0 unspecified atom stereocenters. The van der Waals surface area contributed by atoms with Gasteiger partial charge in [-0.3, -0.25) is 4.90 Å². The van der Waals surface area contributed by atoms with Crippen LogP contribution in [0.2, 0.25) is 5.02 Å². The van der Waals surface area contributed by atoms with E-state index in [0.29, 0.717) is 18.1 Å². The number of aromatic nitrogens is 2. The van der Waals surface area contributed by atoms with Gasteiger partial charge in [-0.1, -0.05) is 35.9 Å². The lowest BCUT2D eigenvalue weighted by atomic mass is 9.70. The molecule has 3 aromatic rings. The molecule has 6 rings (SSSR count). The van der Waals surface area contributed by atoms with Crippen LogP contribution in [0.4, 0.5) is 0 Å². The van der Waals surface area contributed by atoms with Gasteiger partial charge in [-0.2, -0.15) is 0 Å². The first-order valence-electron chi connectivity index (χ1n) is 12.9. The van der Waals surface area contributed by atoms with E-state index in [4.69, 9.17) is 16.6 Å². The van der Waals surface area contributed by atoms with E-state index in [0.717, 1.165) is 23.6 Å². The van der Waals surface area contributed by atoms with Gasteiger partial charge in [0.05, 0.1) is 11.0 Å². The molecule has 0 aliphatic carbocycles. The standard InChI is InChI=1S/C28H35ClN4.Cl2/c1-20-31-26-7-2-3-8-27(26)33(20)25-18-23-9-10-24(19-25)32(23)16-13-28(11-14-30-15-12-28)21-5-4-6-22(29)17-21;1-2/h2-8,17,23-25,30H,9-16,18-19H2,1H3;/t23-,24-;/m0./s1. The average Bonchev–Trinajstić information content (AvgIpc) is 3.35. The van der Waals surface area contributed by atoms with Crippen molar-refractivity contribution in [3.63, 3.8) is 0 Å². The van der Waals surface area contributed by atoms with E-state index in [1.807, 2.05) is 6.07 Å². The Bertz CT molecular complexity index is 1130.